The fourth-order valence-corrected chi connectivity index (χ4v) is 4.64. The van der Waals surface area contributed by atoms with E-state index in [1.807, 2.05) is 24.3 Å². The highest BCUT2D eigenvalue weighted by Gasteiger charge is 2.14. The van der Waals surface area contributed by atoms with Gasteiger partial charge in [0.1, 0.15) is 5.75 Å². The van der Waals surface area contributed by atoms with E-state index in [1.165, 1.54) is 30.0 Å². The van der Waals surface area contributed by atoms with Gasteiger partial charge < -0.3 is 10.0 Å². The zero-order valence-electron chi connectivity index (χ0n) is 22.4. The monoisotopic (exact) mass is 535 g/mol. The first-order valence-electron chi connectivity index (χ1n) is 13.5. The summed E-state index contributed by atoms with van der Waals surface area (Å²) >= 11 is 5.72. The summed E-state index contributed by atoms with van der Waals surface area (Å²) in [5.41, 5.74) is 6.72. The van der Waals surface area contributed by atoms with Crippen molar-refractivity contribution in [2.24, 2.45) is 0 Å². The van der Waals surface area contributed by atoms with Crippen LogP contribution in [0.3, 0.4) is 0 Å². The van der Waals surface area contributed by atoms with Crippen LogP contribution in [0.25, 0.3) is 0 Å². The van der Waals surface area contributed by atoms with Crippen LogP contribution in [0, 0.1) is 11.8 Å². The van der Waals surface area contributed by atoms with Gasteiger partial charge in [-0.2, -0.15) is 0 Å². The molecular weight excluding hydrogens is 502 g/mol. The summed E-state index contributed by atoms with van der Waals surface area (Å²) in [6.07, 6.45) is 5.41. The topological polar surface area (TPSA) is 40.5 Å². The van der Waals surface area contributed by atoms with Crippen molar-refractivity contribution in [3.63, 3.8) is 0 Å². The maximum absolute atomic E-state index is 11.8. The SMILES string of the molecule is CCCCc1ccc(C#Cc2ccc(CN(CCCc3ccccc3)c3ccc(O)c(C(=O)Cl)c3)cc2)cc1. The van der Waals surface area contributed by atoms with Crippen LogP contribution in [0.5, 0.6) is 5.75 Å². The van der Waals surface area contributed by atoms with Gasteiger partial charge in [-0.15, -0.1) is 0 Å². The average molecular weight is 536 g/mol. The highest BCUT2D eigenvalue weighted by atomic mass is 35.5. The first-order chi connectivity index (χ1) is 19.0. The van der Waals surface area contributed by atoms with Crippen LogP contribution in [0.4, 0.5) is 5.69 Å². The largest absolute Gasteiger partial charge is 0.507 e. The van der Waals surface area contributed by atoms with E-state index in [2.05, 4.69) is 84.3 Å². The zero-order valence-corrected chi connectivity index (χ0v) is 23.1. The van der Waals surface area contributed by atoms with Gasteiger partial charge in [-0.1, -0.05) is 79.8 Å². The predicted octanol–water partition coefficient (Wildman–Crippen LogP) is 8.15. The van der Waals surface area contributed by atoms with Crippen molar-refractivity contribution < 1.29 is 9.90 Å². The number of phenolic OH excluding ortho intramolecular Hbond substituents is 1. The van der Waals surface area contributed by atoms with Crippen molar-refractivity contribution >= 4 is 22.5 Å². The van der Waals surface area contributed by atoms with E-state index in [0.717, 1.165) is 48.2 Å². The Morgan fingerprint density at radius 3 is 1.97 bits per heavy atom. The molecule has 0 aliphatic rings. The van der Waals surface area contributed by atoms with E-state index in [9.17, 15) is 9.90 Å². The van der Waals surface area contributed by atoms with Gasteiger partial charge in [0.25, 0.3) is 5.24 Å². The van der Waals surface area contributed by atoms with E-state index in [1.54, 1.807) is 6.07 Å². The lowest BCUT2D eigenvalue weighted by molar-refractivity contribution is 0.107. The smallest absolute Gasteiger partial charge is 0.256 e. The lowest BCUT2D eigenvalue weighted by Crippen LogP contribution is -2.24. The molecule has 4 aromatic carbocycles. The Labute approximate surface area is 237 Å². The quantitative estimate of drug-likeness (QED) is 0.155. The molecule has 0 fully saturated rings. The highest BCUT2D eigenvalue weighted by Crippen LogP contribution is 2.27. The Morgan fingerprint density at radius 1 is 0.769 bits per heavy atom. The van der Waals surface area contributed by atoms with Crippen LogP contribution >= 0.6 is 11.6 Å². The van der Waals surface area contributed by atoms with Gasteiger partial charge in [0, 0.05) is 29.9 Å². The third-order valence-electron chi connectivity index (χ3n) is 6.74. The number of carbonyl (C=O) groups is 1. The number of phenols is 1. The molecule has 0 unspecified atom stereocenters. The molecule has 0 radical (unpaired) electrons. The molecule has 4 rings (SSSR count). The molecule has 0 aromatic heterocycles. The molecule has 4 aromatic rings. The summed E-state index contributed by atoms with van der Waals surface area (Å²) in [4.78, 5) is 14.0. The molecule has 0 saturated heterocycles. The number of carbonyl (C=O) groups excluding carboxylic acids is 1. The second-order valence-corrected chi connectivity index (χ2v) is 10.1. The fraction of sp³-hybridized carbons (Fsp3) is 0.229. The van der Waals surface area contributed by atoms with Crippen molar-refractivity contribution in [3.8, 4) is 17.6 Å². The van der Waals surface area contributed by atoms with Crippen molar-refractivity contribution in [2.45, 2.75) is 45.6 Å². The molecule has 0 spiro atoms. The van der Waals surface area contributed by atoms with Crippen LogP contribution in [0.1, 0.15) is 64.4 Å². The Hall–Kier alpha value is -4.00. The fourth-order valence-electron chi connectivity index (χ4n) is 4.49. The van der Waals surface area contributed by atoms with E-state index in [0.29, 0.717) is 6.54 Å². The summed E-state index contributed by atoms with van der Waals surface area (Å²) in [6.45, 7) is 3.65. The van der Waals surface area contributed by atoms with Crippen LogP contribution in [-0.4, -0.2) is 16.9 Å². The van der Waals surface area contributed by atoms with E-state index < -0.39 is 5.24 Å². The molecule has 3 nitrogen and oxygen atoms in total. The first kappa shape index (κ1) is 28.0. The standard InChI is InChI=1S/C35H34ClNO2/c1-2-3-8-28-12-14-29(15-13-28)16-17-30-18-20-31(21-19-30)26-37(24-7-11-27-9-5-4-6-10-27)32-22-23-34(38)33(25-32)35(36)39/h4-6,9-10,12-15,18-23,25,38H,2-3,7-8,11,24,26H2,1H3. The Balaban J connectivity index is 1.46. The minimum Gasteiger partial charge on any atom is -0.507 e. The molecule has 0 bridgehead atoms. The van der Waals surface area contributed by atoms with Gasteiger partial charge >= 0.3 is 0 Å². The highest BCUT2D eigenvalue weighted by molar-refractivity contribution is 6.68. The number of halogens is 1. The molecular formula is C35H34ClNO2. The number of hydrogen-bond acceptors (Lipinski definition) is 3. The number of unbranched alkanes of at least 4 members (excludes halogenated alkanes) is 1. The summed E-state index contributed by atoms with van der Waals surface area (Å²) in [7, 11) is 0. The predicted molar refractivity (Wildman–Crippen MR) is 162 cm³/mol. The van der Waals surface area contributed by atoms with Gasteiger partial charge in [0.05, 0.1) is 5.56 Å². The third kappa shape index (κ3) is 8.50. The Morgan fingerprint density at radius 2 is 1.36 bits per heavy atom. The molecule has 0 aliphatic carbocycles. The molecule has 198 valence electrons. The van der Waals surface area contributed by atoms with Crippen molar-refractivity contribution in [1.82, 2.24) is 0 Å². The van der Waals surface area contributed by atoms with Crippen LogP contribution in [-0.2, 0) is 19.4 Å². The maximum atomic E-state index is 11.8. The molecule has 0 atom stereocenters. The summed E-state index contributed by atoms with van der Waals surface area (Å²) in [5, 5.41) is 9.41. The lowest BCUT2D eigenvalue weighted by atomic mass is 10.1. The van der Waals surface area contributed by atoms with E-state index in [-0.39, 0.29) is 11.3 Å². The minimum absolute atomic E-state index is 0.110. The van der Waals surface area contributed by atoms with Gasteiger partial charge in [-0.05, 0) is 96.4 Å². The first-order valence-corrected chi connectivity index (χ1v) is 13.9. The zero-order chi connectivity index (χ0) is 27.5. The molecule has 4 heteroatoms. The number of aromatic hydroxyl groups is 1. The maximum Gasteiger partial charge on any atom is 0.256 e. The lowest BCUT2D eigenvalue weighted by Gasteiger charge is -2.26. The van der Waals surface area contributed by atoms with E-state index >= 15 is 0 Å². The minimum atomic E-state index is -0.669. The molecule has 1 N–H and O–H groups in total. The molecule has 0 amide bonds. The second kappa shape index (κ2) is 14.2. The van der Waals surface area contributed by atoms with Gasteiger partial charge in [0.2, 0.25) is 0 Å². The number of aryl methyl sites for hydroxylation is 2. The summed E-state index contributed by atoms with van der Waals surface area (Å²) in [5.74, 6) is 6.43. The number of benzene rings is 4. The molecule has 0 heterocycles. The van der Waals surface area contributed by atoms with Crippen molar-refractivity contribution in [2.75, 3.05) is 11.4 Å². The summed E-state index contributed by atoms with van der Waals surface area (Å²) in [6, 6.07) is 32.2. The van der Waals surface area contributed by atoms with Crippen LogP contribution < -0.4 is 4.90 Å². The number of hydrogen-bond donors (Lipinski definition) is 1. The number of anilines is 1. The summed E-state index contributed by atoms with van der Waals surface area (Å²) < 4.78 is 0. The van der Waals surface area contributed by atoms with E-state index in [4.69, 9.17) is 11.6 Å². The van der Waals surface area contributed by atoms with Crippen molar-refractivity contribution in [1.29, 1.82) is 0 Å². The number of nitrogens with zero attached hydrogens (tertiary/aromatic N) is 1. The third-order valence-corrected chi connectivity index (χ3v) is 6.95. The van der Waals surface area contributed by atoms with Crippen molar-refractivity contribution in [3.05, 3.63) is 130 Å². The van der Waals surface area contributed by atoms with Crippen LogP contribution in [0.2, 0.25) is 0 Å². The molecule has 0 aliphatic heterocycles. The van der Waals surface area contributed by atoms with Gasteiger partial charge in [-0.25, -0.2) is 0 Å². The van der Waals surface area contributed by atoms with Gasteiger partial charge in [0.15, 0.2) is 0 Å². The Bertz CT molecular complexity index is 1420. The van der Waals surface area contributed by atoms with Crippen LogP contribution in [0.15, 0.2) is 97.1 Å². The number of rotatable bonds is 11. The Kier molecular flexibility index (Phi) is 10.2. The molecule has 39 heavy (non-hydrogen) atoms. The average Bonchev–Trinajstić information content (AvgIpc) is 2.96. The second-order valence-electron chi connectivity index (χ2n) is 9.73. The van der Waals surface area contributed by atoms with Gasteiger partial charge in [-0.3, -0.25) is 4.79 Å². The normalized spacial score (nSPS) is 10.5. The molecule has 0 saturated carbocycles.